The van der Waals surface area contributed by atoms with Crippen LogP contribution in [-0.4, -0.2) is 42.0 Å². The van der Waals surface area contributed by atoms with Gasteiger partial charge in [0.1, 0.15) is 5.02 Å². The lowest BCUT2D eigenvalue weighted by molar-refractivity contribution is -0.120. The summed E-state index contributed by atoms with van der Waals surface area (Å²) in [6, 6.07) is 0.354. The minimum atomic E-state index is -0.374. The molecule has 0 unspecified atom stereocenters. The first-order valence-corrected chi connectivity index (χ1v) is 7.27. The summed E-state index contributed by atoms with van der Waals surface area (Å²) in [5.41, 5.74) is 0.0655. The predicted molar refractivity (Wildman–Crippen MR) is 79.7 cm³/mol. The number of hydrogen-bond donors (Lipinski definition) is 2. The summed E-state index contributed by atoms with van der Waals surface area (Å²) >= 11 is 6.01. The molecule has 1 fully saturated rings. The van der Waals surface area contributed by atoms with Crippen LogP contribution in [-0.2, 0) is 16.1 Å². The zero-order valence-corrected chi connectivity index (χ0v) is 12.7. The molecular weight excluding hydrogens is 296 g/mol. The summed E-state index contributed by atoms with van der Waals surface area (Å²) in [6.45, 7) is 1.14. The van der Waals surface area contributed by atoms with Gasteiger partial charge in [-0.25, -0.2) is 4.68 Å². The Balaban J connectivity index is 1.86. The van der Waals surface area contributed by atoms with E-state index < -0.39 is 0 Å². The van der Waals surface area contributed by atoms with Gasteiger partial charge in [0, 0.05) is 26.1 Å². The van der Waals surface area contributed by atoms with Gasteiger partial charge in [0.2, 0.25) is 5.91 Å². The maximum absolute atomic E-state index is 11.9. The maximum Gasteiger partial charge on any atom is 0.287 e. The number of aromatic nitrogens is 2. The molecule has 116 valence electrons. The van der Waals surface area contributed by atoms with Gasteiger partial charge >= 0.3 is 0 Å². The van der Waals surface area contributed by atoms with E-state index in [2.05, 4.69) is 15.7 Å². The third kappa shape index (κ3) is 4.71. The van der Waals surface area contributed by atoms with Crippen LogP contribution in [0, 0.1) is 0 Å². The molecular formula is C13H19ClN4O3. The van der Waals surface area contributed by atoms with Crippen molar-refractivity contribution >= 4 is 23.2 Å². The van der Waals surface area contributed by atoms with Gasteiger partial charge in [0.25, 0.3) is 5.56 Å². The summed E-state index contributed by atoms with van der Waals surface area (Å²) in [5, 5.41) is 9.94. The van der Waals surface area contributed by atoms with E-state index in [1.165, 1.54) is 10.9 Å². The van der Waals surface area contributed by atoms with E-state index >= 15 is 0 Å². The van der Waals surface area contributed by atoms with Gasteiger partial charge in [-0.15, -0.1) is 0 Å². The van der Waals surface area contributed by atoms with Crippen molar-refractivity contribution in [3.05, 3.63) is 21.6 Å². The quantitative estimate of drug-likeness (QED) is 0.735. The highest BCUT2D eigenvalue weighted by Gasteiger charge is 2.22. The largest absolute Gasteiger partial charge is 0.383 e. The van der Waals surface area contributed by atoms with Crippen LogP contribution in [0.5, 0.6) is 0 Å². The van der Waals surface area contributed by atoms with E-state index in [0.717, 1.165) is 12.8 Å². The molecule has 0 aromatic carbocycles. The lowest BCUT2D eigenvalue weighted by atomic mass is 10.3. The third-order valence-corrected chi connectivity index (χ3v) is 3.47. The van der Waals surface area contributed by atoms with Gasteiger partial charge in [-0.1, -0.05) is 11.6 Å². The first kappa shape index (κ1) is 15.8. The first-order valence-electron chi connectivity index (χ1n) is 6.89. The molecule has 1 amide bonds. The minimum absolute atomic E-state index is 0.00233. The molecule has 1 saturated carbocycles. The summed E-state index contributed by atoms with van der Waals surface area (Å²) in [4.78, 5) is 23.5. The average Bonchev–Trinajstić information content (AvgIpc) is 3.26. The highest BCUT2D eigenvalue weighted by Crippen LogP contribution is 2.18. The van der Waals surface area contributed by atoms with Crippen LogP contribution in [0.15, 0.2) is 11.0 Å². The highest BCUT2D eigenvalue weighted by molar-refractivity contribution is 6.32. The molecule has 2 N–H and O–H groups in total. The Morgan fingerprint density at radius 2 is 2.33 bits per heavy atom. The van der Waals surface area contributed by atoms with Gasteiger partial charge in [-0.3, -0.25) is 9.59 Å². The summed E-state index contributed by atoms with van der Waals surface area (Å²) in [6.07, 6.45) is 3.95. The van der Waals surface area contributed by atoms with Crippen LogP contribution in [0.1, 0.15) is 19.3 Å². The topological polar surface area (TPSA) is 85.2 Å². The molecule has 1 aromatic rings. The van der Waals surface area contributed by atoms with Crippen LogP contribution < -0.4 is 16.2 Å². The molecule has 1 heterocycles. The number of carbonyl (C=O) groups is 1. The molecule has 21 heavy (non-hydrogen) atoms. The number of amides is 1. The summed E-state index contributed by atoms with van der Waals surface area (Å²) in [5.74, 6) is 0.00233. The summed E-state index contributed by atoms with van der Waals surface area (Å²) < 4.78 is 6.14. The van der Waals surface area contributed by atoms with Crippen molar-refractivity contribution < 1.29 is 9.53 Å². The number of methoxy groups -OCH3 is 1. The Morgan fingerprint density at radius 1 is 1.57 bits per heavy atom. The molecule has 8 heteroatoms. The lowest BCUT2D eigenvalue weighted by Crippen LogP contribution is -2.28. The van der Waals surface area contributed by atoms with Crippen molar-refractivity contribution in [2.24, 2.45) is 0 Å². The van der Waals surface area contributed by atoms with Gasteiger partial charge in [0.15, 0.2) is 0 Å². The van der Waals surface area contributed by atoms with E-state index in [1.54, 1.807) is 7.11 Å². The fourth-order valence-corrected chi connectivity index (χ4v) is 1.98. The predicted octanol–water partition coefficient (Wildman–Crippen LogP) is 0.624. The second-order valence-electron chi connectivity index (χ2n) is 4.91. The number of rotatable bonds is 8. The van der Waals surface area contributed by atoms with Crippen molar-refractivity contribution in [1.29, 1.82) is 0 Å². The Morgan fingerprint density at radius 3 is 3.00 bits per heavy atom. The van der Waals surface area contributed by atoms with Gasteiger partial charge in [-0.05, 0) is 12.8 Å². The van der Waals surface area contributed by atoms with Crippen LogP contribution in [0.3, 0.4) is 0 Å². The van der Waals surface area contributed by atoms with E-state index in [-0.39, 0.29) is 16.5 Å². The van der Waals surface area contributed by atoms with Crippen molar-refractivity contribution in [2.45, 2.75) is 31.8 Å². The molecule has 7 nitrogen and oxygen atoms in total. The van der Waals surface area contributed by atoms with Gasteiger partial charge < -0.3 is 15.4 Å². The van der Waals surface area contributed by atoms with Crippen molar-refractivity contribution in [1.82, 2.24) is 15.1 Å². The van der Waals surface area contributed by atoms with Crippen molar-refractivity contribution in [2.75, 3.05) is 25.6 Å². The maximum atomic E-state index is 11.9. The van der Waals surface area contributed by atoms with Crippen LogP contribution in [0.2, 0.25) is 5.02 Å². The molecule has 0 aliphatic heterocycles. The summed E-state index contributed by atoms with van der Waals surface area (Å²) in [7, 11) is 1.55. The average molecular weight is 315 g/mol. The van der Waals surface area contributed by atoms with E-state index in [9.17, 15) is 9.59 Å². The number of nitrogens with zero attached hydrogens (tertiary/aromatic N) is 2. The molecule has 0 saturated heterocycles. The van der Waals surface area contributed by atoms with Crippen molar-refractivity contribution in [3.8, 4) is 0 Å². The molecule has 0 spiro atoms. The monoisotopic (exact) mass is 314 g/mol. The fourth-order valence-electron chi connectivity index (χ4n) is 1.76. The highest BCUT2D eigenvalue weighted by atomic mass is 35.5. The van der Waals surface area contributed by atoms with E-state index in [0.29, 0.717) is 37.8 Å². The molecule has 2 rings (SSSR count). The third-order valence-electron chi connectivity index (χ3n) is 3.10. The van der Waals surface area contributed by atoms with Crippen LogP contribution in [0.4, 0.5) is 5.69 Å². The second kappa shape index (κ2) is 7.42. The van der Waals surface area contributed by atoms with Gasteiger partial charge in [-0.2, -0.15) is 5.10 Å². The molecule has 0 radical (unpaired) electrons. The molecule has 1 aromatic heterocycles. The molecule has 1 aliphatic rings. The Kier molecular flexibility index (Phi) is 5.58. The molecule has 1 aliphatic carbocycles. The number of hydrogen-bond acceptors (Lipinski definition) is 5. The Labute approximate surface area is 127 Å². The number of halogens is 1. The second-order valence-corrected chi connectivity index (χ2v) is 5.29. The van der Waals surface area contributed by atoms with Gasteiger partial charge in [0.05, 0.1) is 25.0 Å². The Hall–Kier alpha value is -1.60. The minimum Gasteiger partial charge on any atom is -0.383 e. The first-order chi connectivity index (χ1) is 10.1. The van der Waals surface area contributed by atoms with E-state index in [4.69, 9.17) is 16.3 Å². The van der Waals surface area contributed by atoms with E-state index in [1.807, 2.05) is 0 Å². The molecule has 0 bridgehead atoms. The SMILES string of the molecule is COCCn1ncc(NCCC(=O)NC2CC2)c(Cl)c1=O. The van der Waals surface area contributed by atoms with Crippen molar-refractivity contribution in [3.63, 3.8) is 0 Å². The van der Waals surface area contributed by atoms with Crippen LogP contribution in [0.25, 0.3) is 0 Å². The standard InChI is InChI=1S/C13H19ClN4O3/c1-21-7-6-18-13(20)12(14)10(8-16-18)15-5-4-11(19)17-9-2-3-9/h8-9,15H,2-7H2,1H3,(H,17,19). The number of ether oxygens (including phenoxy) is 1. The van der Waals surface area contributed by atoms with Crippen LogP contribution >= 0.6 is 11.6 Å². The number of carbonyl (C=O) groups excluding carboxylic acids is 1. The normalized spacial score (nSPS) is 14.0. The fraction of sp³-hybridized carbons (Fsp3) is 0.615. The number of anilines is 1. The zero-order valence-electron chi connectivity index (χ0n) is 11.9. The zero-order chi connectivity index (χ0) is 15.2. The molecule has 0 atom stereocenters. The number of nitrogens with one attached hydrogen (secondary N) is 2. The Bertz CT molecular complexity index is 557. The lowest BCUT2D eigenvalue weighted by Gasteiger charge is -2.10. The smallest absolute Gasteiger partial charge is 0.287 e.